The van der Waals surface area contributed by atoms with E-state index in [4.69, 9.17) is 0 Å². The number of Topliss-reactive ketones (excluding diaryl/α,β-unsaturated/α-hetero) is 1. The molecule has 0 saturated heterocycles. The second-order valence-corrected chi connectivity index (χ2v) is 4.88. The Hall–Kier alpha value is -1.15. The Kier molecular flexibility index (Phi) is 3.00. The van der Waals surface area contributed by atoms with Crippen LogP contribution in [0.5, 0.6) is 0 Å². The highest BCUT2D eigenvalue weighted by Gasteiger charge is 2.41. The summed E-state index contributed by atoms with van der Waals surface area (Å²) in [6.07, 6.45) is 0. The molecule has 1 N–H and O–H groups in total. The molecule has 0 amide bonds. The molecule has 0 aliphatic rings. The largest absolute Gasteiger partial charge is 0.389 e. The van der Waals surface area contributed by atoms with Crippen LogP contribution in [0.3, 0.4) is 0 Å². The summed E-state index contributed by atoms with van der Waals surface area (Å²) in [7, 11) is 0. The average molecular weight is 206 g/mol. The summed E-state index contributed by atoms with van der Waals surface area (Å²) in [4.78, 5) is 12.2. The van der Waals surface area contributed by atoms with Gasteiger partial charge in [0.2, 0.25) is 0 Å². The zero-order valence-corrected chi connectivity index (χ0v) is 9.74. The maximum absolute atomic E-state index is 12.2. The van der Waals surface area contributed by atoms with Crippen molar-refractivity contribution < 1.29 is 9.90 Å². The first-order valence-electron chi connectivity index (χ1n) is 5.09. The first-order valence-corrected chi connectivity index (χ1v) is 5.09. The van der Waals surface area contributed by atoms with Crippen LogP contribution in [0.15, 0.2) is 30.3 Å². The van der Waals surface area contributed by atoms with Crippen LogP contribution in [-0.4, -0.2) is 16.5 Å². The first kappa shape index (κ1) is 11.9. The fraction of sp³-hybridized carbons (Fsp3) is 0.462. The van der Waals surface area contributed by atoms with E-state index >= 15 is 0 Å². The number of hydrogen-bond acceptors (Lipinski definition) is 2. The van der Waals surface area contributed by atoms with Crippen LogP contribution in [0.1, 0.15) is 38.1 Å². The molecule has 0 bridgehead atoms. The number of aliphatic hydroxyl groups is 1. The Labute approximate surface area is 90.9 Å². The van der Waals surface area contributed by atoms with Gasteiger partial charge in [-0.3, -0.25) is 4.79 Å². The highest BCUT2D eigenvalue weighted by atomic mass is 16.3. The fourth-order valence-electron chi connectivity index (χ4n) is 1.23. The van der Waals surface area contributed by atoms with Crippen molar-refractivity contribution in [2.24, 2.45) is 5.41 Å². The molecule has 0 aliphatic carbocycles. The van der Waals surface area contributed by atoms with Gasteiger partial charge in [0.05, 0.1) is 11.0 Å². The SMILES string of the molecule is CC(C)(O)C(C)(C)C(=O)c1ccccc1. The molecule has 0 fully saturated rings. The van der Waals surface area contributed by atoms with Gasteiger partial charge in [-0.2, -0.15) is 0 Å². The minimum Gasteiger partial charge on any atom is -0.389 e. The van der Waals surface area contributed by atoms with E-state index in [1.807, 2.05) is 18.2 Å². The number of carbonyl (C=O) groups is 1. The lowest BCUT2D eigenvalue weighted by Crippen LogP contribution is -2.44. The predicted molar refractivity (Wildman–Crippen MR) is 60.9 cm³/mol. The summed E-state index contributed by atoms with van der Waals surface area (Å²) in [5.74, 6) is -0.0319. The monoisotopic (exact) mass is 206 g/mol. The summed E-state index contributed by atoms with van der Waals surface area (Å²) < 4.78 is 0. The van der Waals surface area contributed by atoms with Gasteiger partial charge in [-0.1, -0.05) is 30.3 Å². The third kappa shape index (κ3) is 2.26. The molecular weight excluding hydrogens is 188 g/mol. The Morgan fingerprint density at radius 1 is 1.07 bits per heavy atom. The molecule has 0 unspecified atom stereocenters. The topological polar surface area (TPSA) is 37.3 Å². The highest BCUT2D eigenvalue weighted by Crippen LogP contribution is 2.33. The normalized spacial score (nSPS) is 12.6. The number of benzene rings is 1. The zero-order chi connectivity index (χ0) is 11.7. The molecule has 1 rings (SSSR count). The lowest BCUT2D eigenvalue weighted by Gasteiger charge is -2.35. The van der Waals surface area contributed by atoms with Crippen molar-refractivity contribution in [1.82, 2.24) is 0 Å². The number of hydrogen-bond donors (Lipinski definition) is 1. The van der Waals surface area contributed by atoms with Crippen LogP contribution >= 0.6 is 0 Å². The zero-order valence-electron chi connectivity index (χ0n) is 9.74. The molecular formula is C13H18O2. The third-order valence-electron chi connectivity index (χ3n) is 3.13. The molecule has 1 aromatic carbocycles. The molecule has 0 aliphatic heterocycles. The maximum atomic E-state index is 12.2. The van der Waals surface area contributed by atoms with E-state index in [0.29, 0.717) is 5.56 Å². The van der Waals surface area contributed by atoms with Gasteiger partial charge in [-0.05, 0) is 27.7 Å². The maximum Gasteiger partial charge on any atom is 0.171 e. The van der Waals surface area contributed by atoms with Crippen LogP contribution < -0.4 is 0 Å². The Morgan fingerprint density at radius 3 is 1.93 bits per heavy atom. The fourth-order valence-corrected chi connectivity index (χ4v) is 1.23. The van der Waals surface area contributed by atoms with Crippen molar-refractivity contribution in [1.29, 1.82) is 0 Å². The Bertz CT molecular complexity index is 345. The van der Waals surface area contributed by atoms with Crippen molar-refractivity contribution in [3.8, 4) is 0 Å². The van der Waals surface area contributed by atoms with Gasteiger partial charge >= 0.3 is 0 Å². The van der Waals surface area contributed by atoms with Gasteiger partial charge < -0.3 is 5.11 Å². The van der Waals surface area contributed by atoms with Crippen molar-refractivity contribution in [3.05, 3.63) is 35.9 Å². The molecule has 0 heterocycles. The van der Waals surface area contributed by atoms with Crippen molar-refractivity contribution in [2.45, 2.75) is 33.3 Å². The van der Waals surface area contributed by atoms with Gasteiger partial charge in [0, 0.05) is 5.56 Å². The standard InChI is InChI=1S/C13H18O2/c1-12(2,13(3,4)15)11(14)10-8-6-5-7-9-10/h5-9,15H,1-4H3. The minimum absolute atomic E-state index is 0.0319. The molecule has 2 heteroatoms. The van der Waals surface area contributed by atoms with Crippen molar-refractivity contribution in [2.75, 3.05) is 0 Å². The summed E-state index contributed by atoms with van der Waals surface area (Å²) >= 11 is 0. The number of rotatable bonds is 3. The number of carbonyl (C=O) groups excluding carboxylic acids is 1. The van der Waals surface area contributed by atoms with Crippen LogP contribution in [0.2, 0.25) is 0 Å². The molecule has 82 valence electrons. The summed E-state index contributed by atoms with van der Waals surface area (Å²) in [5.41, 5.74) is -1.17. The molecule has 0 aromatic heterocycles. The van der Waals surface area contributed by atoms with E-state index < -0.39 is 11.0 Å². The lowest BCUT2D eigenvalue weighted by molar-refractivity contribution is -0.0203. The number of ketones is 1. The van der Waals surface area contributed by atoms with E-state index in [2.05, 4.69) is 0 Å². The van der Waals surface area contributed by atoms with E-state index in [1.165, 1.54) is 0 Å². The summed E-state index contributed by atoms with van der Waals surface area (Å²) in [6, 6.07) is 9.07. The van der Waals surface area contributed by atoms with Crippen molar-refractivity contribution in [3.63, 3.8) is 0 Å². The predicted octanol–water partition coefficient (Wildman–Crippen LogP) is 2.67. The van der Waals surface area contributed by atoms with E-state index in [1.54, 1.807) is 39.8 Å². The van der Waals surface area contributed by atoms with Crippen LogP contribution in [-0.2, 0) is 0 Å². The molecule has 0 radical (unpaired) electrons. The smallest absolute Gasteiger partial charge is 0.171 e. The van der Waals surface area contributed by atoms with E-state index in [-0.39, 0.29) is 5.78 Å². The lowest BCUT2D eigenvalue weighted by atomic mass is 9.72. The molecule has 0 spiro atoms. The van der Waals surface area contributed by atoms with Gasteiger partial charge in [-0.15, -0.1) is 0 Å². The summed E-state index contributed by atoms with van der Waals surface area (Å²) in [6.45, 7) is 6.85. The Balaban J connectivity index is 3.06. The second kappa shape index (κ2) is 3.78. The Morgan fingerprint density at radius 2 is 1.53 bits per heavy atom. The van der Waals surface area contributed by atoms with Gasteiger partial charge in [0.15, 0.2) is 5.78 Å². The third-order valence-corrected chi connectivity index (χ3v) is 3.13. The summed E-state index contributed by atoms with van der Waals surface area (Å²) in [5, 5.41) is 9.96. The van der Waals surface area contributed by atoms with Gasteiger partial charge in [0.1, 0.15) is 0 Å². The first-order chi connectivity index (χ1) is 6.77. The van der Waals surface area contributed by atoms with Crippen molar-refractivity contribution >= 4 is 5.78 Å². The van der Waals surface area contributed by atoms with Crippen LogP contribution in [0, 0.1) is 5.41 Å². The second-order valence-electron chi connectivity index (χ2n) is 4.88. The minimum atomic E-state index is -1.03. The van der Waals surface area contributed by atoms with E-state index in [0.717, 1.165) is 0 Å². The van der Waals surface area contributed by atoms with E-state index in [9.17, 15) is 9.90 Å². The van der Waals surface area contributed by atoms with Crippen LogP contribution in [0.25, 0.3) is 0 Å². The molecule has 1 aromatic rings. The average Bonchev–Trinajstić information content (AvgIpc) is 2.16. The molecule has 15 heavy (non-hydrogen) atoms. The van der Waals surface area contributed by atoms with Crippen LogP contribution in [0.4, 0.5) is 0 Å². The molecule has 0 saturated carbocycles. The van der Waals surface area contributed by atoms with Gasteiger partial charge in [-0.25, -0.2) is 0 Å². The van der Waals surface area contributed by atoms with Gasteiger partial charge in [0.25, 0.3) is 0 Å². The molecule has 0 atom stereocenters. The highest BCUT2D eigenvalue weighted by molar-refractivity contribution is 6.00. The molecule has 2 nitrogen and oxygen atoms in total. The quantitative estimate of drug-likeness (QED) is 0.772.